The number of aromatic nitrogens is 3. The second-order valence-electron chi connectivity index (χ2n) is 11.5. The number of rotatable bonds is 5. The monoisotopic (exact) mass is 584 g/mol. The molecule has 2 aliphatic heterocycles. The van der Waals surface area contributed by atoms with Crippen LogP contribution in [0.3, 0.4) is 0 Å². The summed E-state index contributed by atoms with van der Waals surface area (Å²) in [6.07, 6.45) is 3.97. The number of ether oxygens (including phenoxy) is 2. The van der Waals surface area contributed by atoms with E-state index in [1.54, 1.807) is 27.0 Å². The lowest BCUT2D eigenvalue weighted by molar-refractivity contribution is 0.0248. The fourth-order valence-corrected chi connectivity index (χ4v) is 5.68. The molecule has 2 amide bonds. The van der Waals surface area contributed by atoms with Gasteiger partial charge in [-0.05, 0) is 73.7 Å². The molecule has 10 heteroatoms. The van der Waals surface area contributed by atoms with Gasteiger partial charge in [-0.25, -0.2) is 19.7 Å². The van der Waals surface area contributed by atoms with Crippen LogP contribution < -0.4 is 11.1 Å². The summed E-state index contributed by atoms with van der Waals surface area (Å²) in [7, 11) is 1.94. The Hall–Kier alpha value is -4.28. The van der Waals surface area contributed by atoms with E-state index in [0.29, 0.717) is 30.2 Å². The van der Waals surface area contributed by atoms with Crippen LogP contribution in [0.2, 0.25) is 0 Å². The maximum atomic E-state index is 13.9. The molecule has 3 aromatic heterocycles. The summed E-state index contributed by atoms with van der Waals surface area (Å²) in [5, 5.41) is 4.30. The second kappa shape index (κ2) is 12.1. The molecular formula is C33H40N6O4. The standard InChI is InChI=1S/C31H34N6O4.C2H6/c1-31(2,3)41-30(39)37-16-23-20(21-9-12-33-28-22(21)10-13-36(28)4)5-7-24(27(23)29(37)38)34-26-8-6-19(25(15-32)35-26)18-11-14-40-17-18;1-2/h5-10,12-13,18H,11,14-17,32H2,1-4H3,(H,34,35);1-2H3. The van der Waals surface area contributed by atoms with Gasteiger partial charge in [0.2, 0.25) is 0 Å². The highest BCUT2D eigenvalue weighted by atomic mass is 16.6. The van der Waals surface area contributed by atoms with E-state index in [4.69, 9.17) is 20.2 Å². The molecule has 0 radical (unpaired) electrons. The normalized spacial score (nSPS) is 16.2. The van der Waals surface area contributed by atoms with Crippen LogP contribution in [-0.2, 0) is 29.6 Å². The zero-order valence-corrected chi connectivity index (χ0v) is 25.7. The first-order valence-corrected chi connectivity index (χ1v) is 14.8. The molecule has 0 aliphatic carbocycles. The molecule has 226 valence electrons. The van der Waals surface area contributed by atoms with E-state index in [0.717, 1.165) is 56.9 Å². The minimum atomic E-state index is -0.744. The molecule has 2 aliphatic rings. The quantitative estimate of drug-likeness (QED) is 0.282. The van der Waals surface area contributed by atoms with Crippen molar-refractivity contribution in [3.05, 3.63) is 71.2 Å². The molecule has 5 heterocycles. The van der Waals surface area contributed by atoms with Crippen molar-refractivity contribution < 1.29 is 19.1 Å². The molecule has 1 unspecified atom stereocenters. The summed E-state index contributed by atoms with van der Waals surface area (Å²) in [5.74, 6) is 0.425. The first-order chi connectivity index (χ1) is 20.6. The van der Waals surface area contributed by atoms with Gasteiger partial charge in [-0.2, -0.15) is 0 Å². The van der Waals surface area contributed by atoms with Crippen LogP contribution in [0, 0.1) is 0 Å². The lowest BCUT2D eigenvalue weighted by Gasteiger charge is -2.23. The Morgan fingerprint density at radius 3 is 2.63 bits per heavy atom. The lowest BCUT2D eigenvalue weighted by atomic mass is 9.94. The van der Waals surface area contributed by atoms with E-state index in [1.165, 1.54) is 0 Å². The minimum absolute atomic E-state index is 0.0900. The van der Waals surface area contributed by atoms with Crippen molar-refractivity contribution in [1.29, 1.82) is 0 Å². The number of hydrogen-bond donors (Lipinski definition) is 2. The van der Waals surface area contributed by atoms with Gasteiger partial charge in [0.1, 0.15) is 17.1 Å². The number of amides is 2. The Kier molecular flexibility index (Phi) is 8.52. The fourth-order valence-electron chi connectivity index (χ4n) is 5.68. The highest BCUT2D eigenvalue weighted by Gasteiger charge is 2.39. The average molecular weight is 585 g/mol. The number of nitrogens with zero attached hydrogens (tertiary/aromatic N) is 4. The zero-order chi connectivity index (χ0) is 30.9. The van der Waals surface area contributed by atoms with Crippen LogP contribution in [0.25, 0.3) is 22.2 Å². The van der Waals surface area contributed by atoms with Crippen molar-refractivity contribution in [2.24, 2.45) is 12.8 Å². The van der Waals surface area contributed by atoms with Crippen LogP contribution >= 0.6 is 0 Å². The smallest absolute Gasteiger partial charge is 0.417 e. The molecule has 6 rings (SSSR count). The minimum Gasteiger partial charge on any atom is -0.443 e. The highest BCUT2D eigenvalue weighted by Crippen LogP contribution is 2.41. The van der Waals surface area contributed by atoms with Crippen molar-refractivity contribution in [3.63, 3.8) is 0 Å². The summed E-state index contributed by atoms with van der Waals surface area (Å²) in [4.78, 5) is 37.5. The average Bonchev–Trinajstić information content (AvgIpc) is 3.73. The van der Waals surface area contributed by atoms with Crippen molar-refractivity contribution in [1.82, 2.24) is 19.4 Å². The third-order valence-electron chi connectivity index (χ3n) is 7.60. The predicted octanol–water partition coefficient (Wildman–Crippen LogP) is 6.26. The first-order valence-electron chi connectivity index (χ1n) is 14.8. The van der Waals surface area contributed by atoms with Gasteiger partial charge in [-0.3, -0.25) is 4.79 Å². The molecule has 10 nitrogen and oxygen atoms in total. The van der Waals surface area contributed by atoms with Crippen molar-refractivity contribution in [2.45, 2.75) is 65.6 Å². The van der Waals surface area contributed by atoms with E-state index in [1.807, 2.05) is 68.1 Å². The maximum absolute atomic E-state index is 13.9. The van der Waals surface area contributed by atoms with Crippen LogP contribution in [0.4, 0.5) is 16.3 Å². The molecule has 1 atom stereocenters. The number of aryl methyl sites for hydroxylation is 1. The van der Waals surface area contributed by atoms with Crippen LogP contribution in [-0.4, -0.2) is 50.3 Å². The number of fused-ring (bicyclic) bond motifs is 2. The number of nitrogens with two attached hydrogens (primary N) is 1. The Labute approximate surface area is 252 Å². The van der Waals surface area contributed by atoms with Gasteiger partial charge in [0.25, 0.3) is 5.91 Å². The molecule has 0 saturated carbocycles. The summed E-state index contributed by atoms with van der Waals surface area (Å²) in [6.45, 7) is 11.1. The van der Waals surface area contributed by atoms with Crippen LogP contribution in [0.5, 0.6) is 0 Å². The number of imide groups is 1. The van der Waals surface area contributed by atoms with Gasteiger partial charge in [0.05, 0.1) is 30.1 Å². The Bertz CT molecular complexity index is 1670. The van der Waals surface area contributed by atoms with E-state index >= 15 is 0 Å². The number of carbonyl (C=O) groups excluding carboxylic acids is 2. The largest absolute Gasteiger partial charge is 0.443 e. The number of pyridine rings is 2. The maximum Gasteiger partial charge on any atom is 0.417 e. The number of anilines is 2. The molecule has 1 fully saturated rings. The predicted molar refractivity (Wildman–Crippen MR) is 167 cm³/mol. The van der Waals surface area contributed by atoms with Gasteiger partial charge in [0.15, 0.2) is 0 Å². The first kappa shape index (κ1) is 30.2. The Morgan fingerprint density at radius 1 is 1.14 bits per heavy atom. The Balaban J connectivity index is 0.00000180. The van der Waals surface area contributed by atoms with Crippen LogP contribution in [0.1, 0.15) is 74.1 Å². The lowest BCUT2D eigenvalue weighted by Crippen LogP contribution is -2.37. The number of hydrogen-bond acceptors (Lipinski definition) is 8. The van der Waals surface area contributed by atoms with E-state index in [2.05, 4.69) is 10.3 Å². The van der Waals surface area contributed by atoms with Gasteiger partial charge < -0.3 is 25.1 Å². The molecule has 0 spiro atoms. The molecule has 1 saturated heterocycles. The number of benzene rings is 1. The third-order valence-corrected chi connectivity index (χ3v) is 7.60. The van der Waals surface area contributed by atoms with Gasteiger partial charge in [-0.15, -0.1) is 0 Å². The molecule has 0 bridgehead atoms. The number of carbonyl (C=O) groups is 2. The van der Waals surface area contributed by atoms with Gasteiger partial charge in [-0.1, -0.05) is 26.0 Å². The summed E-state index contributed by atoms with van der Waals surface area (Å²) < 4.78 is 13.1. The molecule has 1 aromatic carbocycles. The van der Waals surface area contributed by atoms with Crippen molar-refractivity contribution in [2.75, 3.05) is 18.5 Å². The van der Waals surface area contributed by atoms with Gasteiger partial charge >= 0.3 is 6.09 Å². The van der Waals surface area contributed by atoms with Crippen molar-refractivity contribution in [3.8, 4) is 11.1 Å². The van der Waals surface area contributed by atoms with Crippen molar-refractivity contribution >= 4 is 34.5 Å². The van der Waals surface area contributed by atoms with Gasteiger partial charge in [0, 0.05) is 43.9 Å². The van der Waals surface area contributed by atoms with Crippen LogP contribution in [0.15, 0.2) is 48.8 Å². The summed E-state index contributed by atoms with van der Waals surface area (Å²) >= 11 is 0. The topological polar surface area (TPSA) is 125 Å². The van der Waals surface area contributed by atoms with E-state index in [-0.39, 0.29) is 12.5 Å². The second-order valence-corrected chi connectivity index (χ2v) is 11.5. The zero-order valence-electron chi connectivity index (χ0n) is 25.7. The molecule has 3 N–H and O–H groups in total. The third kappa shape index (κ3) is 5.85. The summed E-state index contributed by atoms with van der Waals surface area (Å²) in [5.41, 5.74) is 11.6. The summed E-state index contributed by atoms with van der Waals surface area (Å²) in [6, 6.07) is 11.7. The molecule has 4 aromatic rings. The Morgan fingerprint density at radius 2 is 1.93 bits per heavy atom. The molecular weight excluding hydrogens is 544 g/mol. The highest BCUT2D eigenvalue weighted by molar-refractivity contribution is 6.12. The SMILES string of the molecule is CC.Cn1ccc2c(-c3ccc(Nc4ccc(C5CCOC5)c(CN)n4)c4c3CN(C(=O)OC(C)(C)C)C4=O)ccnc21. The van der Waals surface area contributed by atoms with E-state index in [9.17, 15) is 9.59 Å². The fraction of sp³-hybridized carbons (Fsp3) is 0.394. The van der Waals surface area contributed by atoms with E-state index < -0.39 is 17.6 Å². The number of nitrogens with one attached hydrogen (secondary N) is 1. The molecule has 43 heavy (non-hydrogen) atoms.